The quantitative estimate of drug-likeness (QED) is 0.143. The summed E-state index contributed by atoms with van der Waals surface area (Å²) in [4.78, 5) is 30.3. The Bertz CT molecular complexity index is 2150. The molecule has 0 radical (unpaired) electrons. The standard InChI is InChI=1S/C41H48F3N5O4Si/c1-24(2)54(25(3)4,26(5)6)15-10-31-34(43)9-8-27-16-29(50)17-32(35(27)31)37-36(44)38-33(19-45-37)39(48-13-14-52-22-30(51)21-48)47-40(46-38)53-23-41-11-7-12-49(41)20-28(42)18-41/h8-9,16-17,19,24-26,28,50H,7,11-14,18,20-23H2,1-6H3/t28-,41+/m1/s1. The molecule has 0 spiro atoms. The molecule has 54 heavy (non-hydrogen) atoms. The number of carbonyl (C=O) groups excluding carboxylic acids is 1. The number of hydrogen-bond acceptors (Lipinski definition) is 9. The van der Waals surface area contributed by atoms with Crippen LogP contribution >= 0.6 is 0 Å². The molecule has 2 atom stereocenters. The summed E-state index contributed by atoms with van der Waals surface area (Å²) < 4.78 is 59.5. The Hall–Kier alpha value is -4.25. The van der Waals surface area contributed by atoms with Gasteiger partial charge in [-0.2, -0.15) is 9.97 Å². The van der Waals surface area contributed by atoms with Crippen LogP contribution in [-0.4, -0.2) is 96.5 Å². The number of fused-ring (bicyclic) bond motifs is 3. The summed E-state index contributed by atoms with van der Waals surface area (Å²) >= 11 is 0. The zero-order valence-corrected chi connectivity index (χ0v) is 32.8. The highest BCUT2D eigenvalue weighted by molar-refractivity contribution is 6.90. The number of anilines is 1. The van der Waals surface area contributed by atoms with E-state index < -0.39 is 31.4 Å². The molecular weight excluding hydrogens is 712 g/mol. The number of rotatable bonds is 8. The number of benzene rings is 2. The third-order valence-electron chi connectivity index (χ3n) is 11.9. The number of ether oxygens (including phenoxy) is 2. The summed E-state index contributed by atoms with van der Waals surface area (Å²) in [6.45, 7) is 14.8. The van der Waals surface area contributed by atoms with E-state index in [1.165, 1.54) is 30.5 Å². The van der Waals surface area contributed by atoms with Gasteiger partial charge in [0, 0.05) is 36.7 Å². The van der Waals surface area contributed by atoms with E-state index in [1.807, 2.05) is 0 Å². The highest BCUT2D eigenvalue weighted by atomic mass is 28.3. The Kier molecular flexibility index (Phi) is 10.4. The molecule has 0 saturated carbocycles. The van der Waals surface area contributed by atoms with Gasteiger partial charge in [0.1, 0.15) is 56.1 Å². The fourth-order valence-electron chi connectivity index (χ4n) is 9.38. The van der Waals surface area contributed by atoms with Gasteiger partial charge in [0.2, 0.25) is 0 Å². The summed E-state index contributed by atoms with van der Waals surface area (Å²) in [7, 11) is -2.30. The molecule has 0 amide bonds. The van der Waals surface area contributed by atoms with E-state index in [9.17, 15) is 14.3 Å². The molecule has 5 heterocycles. The number of ketones is 1. The number of aromatic nitrogens is 3. The van der Waals surface area contributed by atoms with Crippen molar-refractivity contribution in [2.24, 2.45) is 0 Å². The first kappa shape index (κ1) is 38.0. The Morgan fingerprint density at radius 1 is 1.09 bits per heavy atom. The maximum absolute atomic E-state index is 17.2. The van der Waals surface area contributed by atoms with Crippen molar-refractivity contribution >= 4 is 41.4 Å². The summed E-state index contributed by atoms with van der Waals surface area (Å²) in [5.74, 6) is 1.77. The third-order valence-corrected chi connectivity index (χ3v) is 18.2. The minimum atomic E-state index is -2.30. The van der Waals surface area contributed by atoms with Crippen LogP contribution in [0.3, 0.4) is 0 Å². The number of halogens is 3. The number of hydrogen-bond donors (Lipinski definition) is 1. The average molecular weight is 760 g/mol. The predicted octanol–water partition coefficient (Wildman–Crippen LogP) is 7.76. The van der Waals surface area contributed by atoms with E-state index in [-0.39, 0.29) is 77.5 Å². The van der Waals surface area contributed by atoms with Crippen LogP contribution in [0.25, 0.3) is 32.9 Å². The fraction of sp³-hybridized carbons (Fsp3) is 0.512. The lowest BCUT2D eigenvalue weighted by atomic mass is 9.95. The van der Waals surface area contributed by atoms with Crippen molar-refractivity contribution in [3.8, 4) is 34.5 Å². The van der Waals surface area contributed by atoms with Gasteiger partial charge in [0.15, 0.2) is 11.6 Å². The van der Waals surface area contributed by atoms with Crippen molar-refractivity contribution in [1.82, 2.24) is 19.9 Å². The molecule has 0 bridgehead atoms. The molecule has 0 unspecified atom stereocenters. The topological polar surface area (TPSA) is 101 Å². The first-order valence-corrected chi connectivity index (χ1v) is 21.2. The number of alkyl halides is 1. The molecule has 3 aliphatic heterocycles. The Morgan fingerprint density at radius 3 is 2.59 bits per heavy atom. The normalized spacial score (nSPS) is 21.0. The number of phenols is 1. The zero-order valence-electron chi connectivity index (χ0n) is 31.8. The number of Topliss-reactive ketones (excluding diaryl/α,β-unsaturated/α-hetero) is 1. The number of pyridine rings is 1. The Morgan fingerprint density at radius 2 is 1.85 bits per heavy atom. The third kappa shape index (κ3) is 6.70. The second-order valence-corrected chi connectivity index (χ2v) is 21.6. The fourth-order valence-corrected chi connectivity index (χ4v) is 14.6. The van der Waals surface area contributed by atoms with E-state index in [2.05, 4.69) is 72.9 Å². The summed E-state index contributed by atoms with van der Waals surface area (Å²) in [5, 5.41) is 11.9. The SMILES string of the molecule is CC(C)[Si](C#Cc1c(F)ccc2cc(O)cc(-c3ncc4c(N5CCOCC(=O)C5)nc(OC[C@@]56CCCN5C[C@H](F)C6)nc4c3F)c12)(C(C)C)C(C)C. The largest absolute Gasteiger partial charge is 0.508 e. The minimum Gasteiger partial charge on any atom is -0.508 e. The van der Waals surface area contributed by atoms with Gasteiger partial charge in [0.05, 0.1) is 29.6 Å². The van der Waals surface area contributed by atoms with Gasteiger partial charge >= 0.3 is 6.01 Å². The van der Waals surface area contributed by atoms with Gasteiger partial charge in [-0.05, 0) is 59.6 Å². The van der Waals surface area contributed by atoms with Gasteiger partial charge < -0.3 is 19.5 Å². The molecule has 7 rings (SSSR count). The monoisotopic (exact) mass is 759 g/mol. The molecule has 3 aliphatic rings. The van der Waals surface area contributed by atoms with Crippen LogP contribution in [0.2, 0.25) is 16.6 Å². The molecule has 286 valence electrons. The number of nitrogens with zero attached hydrogens (tertiary/aromatic N) is 5. The van der Waals surface area contributed by atoms with Gasteiger partial charge in [-0.1, -0.05) is 53.5 Å². The first-order chi connectivity index (χ1) is 25.7. The number of carbonyl (C=O) groups is 1. The van der Waals surface area contributed by atoms with Crippen LogP contribution in [0, 0.1) is 23.1 Å². The Labute approximate surface area is 315 Å². The van der Waals surface area contributed by atoms with Crippen molar-refractivity contribution in [2.75, 3.05) is 50.9 Å². The van der Waals surface area contributed by atoms with Crippen molar-refractivity contribution < 1.29 is 32.5 Å². The van der Waals surface area contributed by atoms with Gasteiger partial charge in [0.25, 0.3) is 0 Å². The van der Waals surface area contributed by atoms with E-state index in [0.29, 0.717) is 46.9 Å². The minimum absolute atomic E-state index is 0.0252. The summed E-state index contributed by atoms with van der Waals surface area (Å²) in [6, 6.07) is 5.61. The zero-order chi connectivity index (χ0) is 38.5. The Balaban J connectivity index is 1.41. The summed E-state index contributed by atoms with van der Waals surface area (Å²) in [5.41, 5.74) is 3.96. The molecule has 1 N–H and O–H groups in total. The van der Waals surface area contributed by atoms with Crippen LogP contribution in [0.1, 0.15) is 66.4 Å². The molecule has 13 heteroatoms. The van der Waals surface area contributed by atoms with Crippen LogP contribution < -0.4 is 9.64 Å². The molecule has 4 aromatic rings. The van der Waals surface area contributed by atoms with Gasteiger partial charge in [-0.15, -0.1) is 5.54 Å². The second kappa shape index (κ2) is 14.8. The average Bonchev–Trinajstić information content (AvgIpc) is 3.55. The maximum Gasteiger partial charge on any atom is 0.319 e. The molecule has 9 nitrogen and oxygen atoms in total. The smallest absolute Gasteiger partial charge is 0.319 e. The van der Waals surface area contributed by atoms with Crippen LogP contribution in [0.15, 0.2) is 30.5 Å². The van der Waals surface area contributed by atoms with E-state index in [1.54, 1.807) is 4.90 Å². The van der Waals surface area contributed by atoms with Crippen molar-refractivity contribution in [1.29, 1.82) is 0 Å². The lowest BCUT2D eigenvalue weighted by Gasteiger charge is -2.38. The van der Waals surface area contributed by atoms with E-state index in [4.69, 9.17) is 9.47 Å². The molecule has 3 fully saturated rings. The van der Waals surface area contributed by atoms with Crippen LogP contribution in [0.5, 0.6) is 11.8 Å². The van der Waals surface area contributed by atoms with Crippen LogP contribution in [-0.2, 0) is 9.53 Å². The molecular formula is C41H48F3N5O4Si. The van der Waals surface area contributed by atoms with Gasteiger partial charge in [-0.3, -0.25) is 14.7 Å². The number of phenolic OH excluding ortho intramolecular Hbond substituents is 1. The molecule has 2 aromatic heterocycles. The van der Waals surface area contributed by atoms with E-state index in [0.717, 1.165) is 19.4 Å². The highest BCUT2D eigenvalue weighted by Gasteiger charge is 2.49. The predicted molar refractivity (Wildman–Crippen MR) is 206 cm³/mol. The van der Waals surface area contributed by atoms with Crippen LogP contribution in [0.4, 0.5) is 19.0 Å². The lowest BCUT2D eigenvalue weighted by molar-refractivity contribution is -0.121. The molecule has 2 aromatic carbocycles. The highest BCUT2D eigenvalue weighted by Crippen LogP contribution is 2.43. The lowest BCUT2D eigenvalue weighted by Crippen LogP contribution is -2.43. The molecule has 3 saturated heterocycles. The van der Waals surface area contributed by atoms with Gasteiger partial charge in [-0.25, -0.2) is 13.2 Å². The van der Waals surface area contributed by atoms with Crippen molar-refractivity contribution in [3.63, 3.8) is 0 Å². The molecule has 0 aliphatic carbocycles. The van der Waals surface area contributed by atoms with Crippen molar-refractivity contribution in [2.45, 2.75) is 89.1 Å². The number of aromatic hydroxyl groups is 1. The second-order valence-electron chi connectivity index (χ2n) is 16.1. The van der Waals surface area contributed by atoms with E-state index >= 15 is 8.78 Å². The maximum atomic E-state index is 17.2. The van der Waals surface area contributed by atoms with Crippen molar-refractivity contribution in [3.05, 3.63) is 47.7 Å². The first-order valence-electron chi connectivity index (χ1n) is 19.0. The summed E-state index contributed by atoms with van der Waals surface area (Å²) in [6.07, 6.45) is 2.47.